The van der Waals surface area contributed by atoms with E-state index in [9.17, 15) is 0 Å². The zero-order valence-corrected chi connectivity index (χ0v) is 16.3. The van der Waals surface area contributed by atoms with Crippen LogP contribution in [0.1, 0.15) is 56.5 Å². The summed E-state index contributed by atoms with van der Waals surface area (Å²) in [6, 6.07) is 21.9. The number of nitrogens with zero attached hydrogens (tertiary/aromatic N) is 1. The molecule has 0 aliphatic rings. The molecule has 2 aromatic carbocycles. The number of rotatable bonds is 8. The topological polar surface area (TPSA) is 19.7 Å². The van der Waals surface area contributed by atoms with Crippen LogP contribution in [0.3, 0.4) is 0 Å². The van der Waals surface area contributed by atoms with Crippen LogP contribution in [0.25, 0.3) is 0 Å². The van der Waals surface area contributed by atoms with Gasteiger partial charge in [0.25, 0.3) is 5.82 Å². The van der Waals surface area contributed by atoms with Gasteiger partial charge in [-0.25, -0.2) is 9.55 Å². The number of nitrogens with one attached hydrogen (secondary N) is 1. The summed E-state index contributed by atoms with van der Waals surface area (Å²) < 4.78 is 2.40. The van der Waals surface area contributed by atoms with E-state index in [4.69, 9.17) is 0 Å². The van der Waals surface area contributed by atoms with E-state index in [-0.39, 0.29) is 5.41 Å². The summed E-state index contributed by atoms with van der Waals surface area (Å²) in [6.45, 7) is 8.05. The zero-order valence-electron chi connectivity index (χ0n) is 16.3. The molecule has 1 aromatic heterocycles. The molecule has 2 atom stereocenters. The predicted molar refractivity (Wildman–Crippen MR) is 108 cm³/mol. The highest BCUT2D eigenvalue weighted by atomic mass is 15.1. The second kappa shape index (κ2) is 8.35. The Bertz CT molecular complexity index is 791. The molecule has 136 valence electrons. The van der Waals surface area contributed by atoms with Gasteiger partial charge in [0.15, 0.2) is 0 Å². The van der Waals surface area contributed by atoms with Gasteiger partial charge in [-0.3, -0.25) is 0 Å². The fourth-order valence-electron chi connectivity index (χ4n) is 4.32. The molecular formula is C24H31N2+. The van der Waals surface area contributed by atoms with Crippen molar-refractivity contribution in [2.45, 2.75) is 57.9 Å². The summed E-state index contributed by atoms with van der Waals surface area (Å²) in [4.78, 5) is 3.57. The molecule has 0 spiro atoms. The second-order valence-electron chi connectivity index (χ2n) is 7.45. The quantitative estimate of drug-likeness (QED) is 0.526. The fraction of sp³-hybridized carbons (Fsp3) is 0.375. The molecule has 2 unspecified atom stereocenters. The molecule has 1 heterocycles. The van der Waals surface area contributed by atoms with Crippen LogP contribution in [0.2, 0.25) is 0 Å². The van der Waals surface area contributed by atoms with Crippen LogP contribution in [-0.4, -0.2) is 4.98 Å². The highest BCUT2D eigenvalue weighted by molar-refractivity contribution is 5.32. The monoisotopic (exact) mass is 347 g/mol. The largest absolute Gasteiger partial charge is 0.258 e. The van der Waals surface area contributed by atoms with Crippen molar-refractivity contribution < 1.29 is 4.57 Å². The van der Waals surface area contributed by atoms with Crippen molar-refractivity contribution in [1.82, 2.24) is 4.98 Å². The van der Waals surface area contributed by atoms with Gasteiger partial charge in [-0.1, -0.05) is 81.4 Å². The average Bonchev–Trinajstić information content (AvgIpc) is 3.12. The highest BCUT2D eigenvalue weighted by Gasteiger charge is 2.41. The summed E-state index contributed by atoms with van der Waals surface area (Å²) in [5, 5.41) is 0. The molecule has 3 aromatic rings. The van der Waals surface area contributed by atoms with Crippen LogP contribution in [0.5, 0.6) is 0 Å². The first-order valence-electron chi connectivity index (χ1n) is 9.85. The third kappa shape index (κ3) is 3.75. The molecule has 3 rings (SSSR count). The number of imidazole rings is 1. The Balaban J connectivity index is 2.07. The lowest BCUT2D eigenvalue weighted by atomic mass is 9.66. The van der Waals surface area contributed by atoms with Crippen molar-refractivity contribution in [2.75, 3.05) is 0 Å². The summed E-state index contributed by atoms with van der Waals surface area (Å²) in [5.74, 6) is 1.77. The van der Waals surface area contributed by atoms with E-state index in [1.807, 2.05) is 0 Å². The Morgan fingerprint density at radius 2 is 1.62 bits per heavy atom. The minimum Gasteiger partial charge on any atom is -0.247 e. The number of hydrogen-bond donors (Lipinski definition) is 1. The van der Waals surface area contributed by atoms with Crippen molar-refractivity contribution in [3.8, 4) is 0 Å². The number of hydrogen-bond acceptors (Lipinski definition) is 0. The van der Waals surface area contributed by atoms with Gasteiger partial charge in [0.2, 0.25) is 0 Å². The van der Waals surface area contributed by atoms with Gasteiger partial charge >= 0.3 is 0 Å². The first-order valence-corrected chi connectivity index (χ1v) is 9.85. The van der Waals surface area contributed by atoms with Crippen molar-refractivity contribution in [2.24, 2.45) is 0 Å². The van der Waals surface area contributed by atoms with Crippen molar-refractivity contribution in [3.63, 3.8) is 0 Å². The minimum absolute atomic E-state index is 0.0255. The zero-order chi connectivity index (χ0) is 18.4. The normalized spacial score (nSPS) is 14.7. The van der Waals surface area contributed by atoms with Crippen LogP contribution < -0.4 is 4.57 Å². The summed E-state index contributed by atoms with van der Waals surface area (Å²) >= 11 is 0. The average molecular weight is 348 g/mol. The molecule has 0 amide bonds. The van der Waals surface area contributed by atoms with Gasteiger partial charge in [0, 0.05) is 5.41 Å². The molecule has 2 nitrogen and oxygen atoms in total. The van der Waals surface area contributed by atoms with E-state index in [0.29, 0.717) is 5.92 Å². The second-order valence-corrected chi connectivity index (χ2v) is 7.45. The van der Waals surface area contributed by atoms with Crippen molar-refractivity contribution in [3.05, 3.63) is 90.0 Å². The Morgan fingerprint density at radius 3 is 2.23 bits per heavy atom. The van der Waals surface area contributed by atoms with Gasteiger partial charge < -0.3 is 0 Å². The number of aromatic nitrogens is 2. The third-order valence-corrected chi connectivity index (χ3v) is 5.61. The molecule has 0 saturated carbocycles. The molecule has 2 heteroatoms. The van der Waals surface area contributed by atoms with E-state index < -0.39 is 0 Å². The van der Waals surface area contributed by atoms with E-state index >= 15 is 0 Å². The lowest BCUT2D eigenvalue weighted by Crippen LogP contribution is -2.43. The van der Waals surface area contributed by atoms with Crippen LogP contribution >= 0.6 is 0 Å². The molecule has 1 N–H and O–H groups in total. The molecule has 0 bridgehead atoms. The Hall–Kier alpha value is -2.35. The lowest BCUT2D eigenvalue weighted by Gasteiger charge is -2.36. The molecule has 0 aliphatic heterocycles. The van der Waals surface area contributed by atoms with Gasteiger partial charge in [-0.05, 0) is 30.4 Å². The minimum atomic E-state index is 0.0255. The van der Waals surface area contributed by atoms with E-state index in [1.54, 1.807) is 0 Å². The number of aromatic amines is 1. The first kappa shape index (κ1) is 18.4. The fourth-order valence-corrected chi connectivity index (χ4v) is 4.32. The van der Waals surface area contributed by atoms with Gasteiger partial charge in [-0.2, -0.15) is 0 Å². The molecule has 0 radical (unpaired) electrons. The molecular weight excluding hydrogens is 316 g/mol. The number of benzene rings is 2. The summed E-state index contributed by atoms with van der Waals surface area (Å²) in [6.07, 6.45) is 7.55. The van der Waals surface area contributed by atoms with Crippen molar-refractivity contribution in [1.29, 1.82) is 0 Å². The highest BCUT2D eigenvalue weighted by Crippen LogP contribution is 2.42. The van der Waals surface area contributed by atoms with Crippen LogP contribution in [0.15, 0.2) is 73.1 Å². The van der Waals surface area contributed by atoms with E-state index in [0.717, 1.165) is 25.8 Å². The van der Waals surface area contributed by atoms with Crippen LogP contribution in [0, 0.1) is 0 Å². The molecule has 0 aliphatic carbocycles. The standard InChI is InChI=1S/C24H30N2/c1-4-17-26-18-16-25-23(26)22(5-2)24(3,21-14-10-7-11-15-21)19-20-12-8-6-9-13-20/h6-16,18,22H,4-5,17,19H2,1-3H3/p+1. The maximum Gasteiger partial charge on any atom is 0.258 e. The van der Waals surface area contributed by atoms with Gasteiger partial charge in [0.05, 0.1) is 12.5 Å². The molecule has 26 heavy (non-hydrogen) atoms. The summed E-state index contributed by atoms with van der Waals surface area (Å²) in [5.41, 5.74) is 2.83. The predicted octanol–water partition coefficient (Wildman–Crippen LogP) is 5.41. The van der Waals surface area contributed by atoms with Crippen molar-refractivity contribution >= 4 is 0 Å². The smallest absolute Gasteiger partial charge is 0.247 e. The SMILES string of the molecule is CCC[n+]1cc[nH]c1C(CC)C(C)(Cc1ccccc1)c1ccccc1. The van der Waals surface area contributed by atoms with E-state index in [2.05, 4.69) is 103 Å². The number of H-pyrrole nitrogens is 1. The lowest BCUT2D eigenvalue weighted by molar-refractivity contribution is -0.704. The van der Waals surface area contributed by atoms with E-state index in [1.165, 1.54) is 17.0 Å². The van der Waals surface area contributed by atoms with Crippen LogP contribution in [-0.2, 0) is 18.4 Å². The van der Waals surface area contributed by atoms with Gasteiger partial charge in [-0.15, -0.1) is 0 Å². The maximum absolute atomic E-state index is 3.57. The summed E-state index contributed by atoms with van der Waals surface area (Å²) in [7, 11) is 0. The van der Waals surface area contributed by atoms with Gasteiger partial charge in [0.1, 0.15) is 12.4 Å². The Kier molecular flexibility index (Phi) is 5.92. The maximum atomic E-state index is 3.57. The van der Waals surface area contributed by atoms with Crippen LogP contribution in [0.4, 0.5) is 0 Å². The first-order chi connectivity index (χ1) is 12.7. The Morgan fingerprint density at radius 1 is 0.962 bits per heavy atom. The Labute approximate surface area is 157 Å². The molecule has 0 saturated heterocycles. The third-order valence-electron chi connectivity index (χ3n) is 5.61. The molecule has 0 fully saturated rings. The number of aryl methyl sites for hydroxylation is 1.